The highest BCUT2D eigenvalue weighted by atomic mass is 19.4. The quantitative estimate of drug-likeness (QED) is 0.692. The van der Waals surface area contributed by atoms with E-state index in [1.165, 1.54) is 0 Å². The minimum atomic E-state index is -4.75. The van der Waals surface area contributed by atoms with Crippen LogP contribution in [0.3, 0.4) is 0 Å². The number of aromatic nitrogens is 1. The van der Waals surface area contributed by atoms with Gasteiger partial charge in [-0.1, -0.05) is 0 Å². The van der Waals surface area contributed by atoms with E-state index in [-0.39, 0.29) is 0 Å². The number of halogens is 3. The highest BCUT2D eigenvalue weighted by Gasteiger charge is 2.36. The number of carbonyl (C=O) groups is 1. The number of carboxylic acid groups (broad SMARTS) is 1. The van der Waals surface area contributed by atoms with Crippen LogP contribution in [0, 0.1) is 10.1 Å². The minimum absolute atomic E-state index is 0.400. The van der Waals surface area contributed by atoms with Gasteiger partial charge in [0.2, 0.25) is 0 Å². The molecular formula is C13H7F3N2O4. The lowest BCUT2D eigenvalue weighted by molar-refractivity contribution is -0.384. The third kappa shape index (κ3) is 2.87. The van der Waals surface area contributed by atoms with Gasteiger partial charge in [0, 0.05) is 12.3 Å². The molecule has 0 aliphatic heterocycles. The molecule has 0 fully saturated rings. The summed E-state index contributed by atoms with van der Waals surface area (Å²) in [6, 6.07) is 4.44. The Balaban J connectivity index is 2.73. The zero-order valence-electron chi connectivity index (χ0n) is 10.7. The number of alkyl halides is 3. The summed E-state index contributed by atoms with van der Waals surface area (Å²) < 4.78 is 38.9. The van der Waals surface area contributed by atoms with Crippen molar-refractivity contribution in [3.8, 4) is 11.3 Å². The van der Waals surface area contributed by atoms with E-state index in [0.29, 0.717) is 6.07 Å². The molecule has 1 aromatic heterocycles. The van der Waals surface area contributed by atoms with E-state index in [2.05, 4.69) is 4.98 Å². The van der Waals surface area contributed by atoms with Gasteiger partial charge in [-0.05, 0) is 24.3 Å². The highest BCUT2D eigenvalue weighted by Crippen LogP contribution is 2.39. The summed E-state index contributed by atoms with van der Waals surface area (Å²) in [6.45, 7) is 0. The van der Waals surface area contributed by atoms with Crippen LogP contribution in [-0.2, 0) is 6.18 Å². The molecule has 0 saturated carbocycles. The molecule has 1 N–H and O–H groups in total. The van der Waals surface area contributed by atoms with Gasteiger partial charge in [-0.3, -0.25) is 15.1 Å². The number of pyridine rings is 1. The number of nitrogens with zero attached hydrogens (tertiary/aromatic N) is 2. The maximum Gasteiger partial charge on any atom is 0.418 e. The Kier molecular flexibility index (Phi) is 3.81. The Morgan fingerprint density at radius 2 is 1.95 bits per heavy atom. The van der Waals surface area contributed by atoms with E-state index in [0.717, 1.165) is 30.5 Å². The first-order chi connectivity index (χ1) is 10.2. The fourth-order valence-corrected chi connectivity index (χ4v) is 1.86. The van der Waals surface area contributed by atoms with Crippen molar-refractivity contribution in [2.45, 2.75) is 6.18 Å². The normalized spacial score (nSPS) is 11.2. The second-order valence-electron chi connectivity index (χ2n) is 4.19. The predicted octanol–water partition coefficient (Wildman–Crippen LogP) is 3.37. The molecule has 6 nitrogen and oxygen atoms in total. The molecule has 0 unspecified atom stereocenters. The van der Waals surface area contributed by atoms with Gasteiger partial charge in [0.15, 0.2) is 0 Å². The van der Waals surface area contributed by atoms with Crippen molar-refractivity contribution in [2.24, 2.45) is 0 Å². The second-order valence-corrected chi connectivity index (χ2v) is 4.19. The van der Waals surface area contributed by atoms with Gasteiger partial charge in [-0.25, -0.2) is 4.79 Å². The molecular weight excluding hydrogens is 305 g/mol. The molecule has 1 aromatic carbocycles. The van der Waals surface area contributed by atoms with E-state index < -0.39 is 45.1 Å². The SMILES string of the molecule is O=C(O)c1ccc(-c2ncccc2C(F)(F)F)c([N+](=O)[O-])c1. The summed E-state index contributed by atoms with van der Waals surface area (Å²) >= 11 is 0. The van der Waals surface area contributed by atoms with E-state index >= 15 is 0 Å². The van der Waals surface area contributed by atoms with Crippen LogP contribution < -0.4 is 0 Å². The number of rotatable bonds is 3. The molecule has 0 radical (unpaired) electrons. The maximum atomic E-state index is 13.0. The van der Waals surface area contributed by atoms with Gasteiger partial charge in [0.25, 0.3) is 5.69 Å². The molecule has 0 aliphatic carbocycles. The van der Waals surface area contributed by atoms with Crippen LogP contribution in [0.2, 0.25) is 0 Å². The number of nitro groups is 1. The van der Waals surface area contributed by atoms with Crippen molar-refractivity contribution in [2.75, 3.05) is 0 Å². The minimum Gasteiger partial charge on any atom is -0.478 e. The molecule has 0 aliphatic rings. The monoisotopic (exact) mass is 312 g/mol. The molecule has 114 valence electrons. The van der Waals surface area contributed by atoms with Gasteiger partial charge < -0.3 is 5.11 Å². The van der Waals surface area contributed by atoms with E-state index in [1.807, 2.05) is 0 Å². The summed E-state index contributed by atoms with van der Waals surface area (Å²) in [7, 11) is 0. The fraction of sp³-hybridized carbons (Fsp3) is 0.0769. The van der Waals surface area contributed by atoms with Crippen LogP contribution in [-0.4, -0.2) is 21.0 Å². The van der Waals surface area contributed by atoms with Crippen LogP contribution in [0.15, 0.2) is 36.5 Å². The topological polar surface area (TPSA) is 93.3 Å². The van der Waals surface area contributed by atoms with Crippen molar-refractivity contribution in [1.29, 1.82) is 0 Å². The van der Waals surface area contributed by atoms with Gasteiger partial charge in [-0.15, -0.1) is 0 Å². The van der Waals surface area contributed by atoms with Crippen molar-refractivity contribution < 1.29 is 28.0 Å². The number of benzene rings is 1. The number of hydrogen-bond acceptors (Lipinski definition) is 4. The Bertz CT molecular complexity index is 759. The van der Waals surface area contributed by atoms with Gasteiger partial charge in [-0.2, -0.15) is 13.2 Å². The lowest BCUT2D eigenvalue weighted by Gasteiger charge is -2.12. The molecule has 2 aromatic rings. The van der Waals surface area contributed by atoms with Crippen LogP contribution >= 0.6 is 0 Å². The number of nitro benzene ring substituents is 1. The summed E-state index contributed by atoms with van der Waals surface area (Å²) in [5.41, 5.74) is -3.33. The van der Waals surface area contributed by atoms with Crippen molar-refractivity contribution in [3.63, 3.8) is 0 Å². The third-order valence-corrected chi connectivity index (χ3v) is 2.81. The van der Waals surface area contributed by atoms with E-state index in [4.69, 9.17) is 5.11 Å². The lowest BCUT2D eigenvalue weighted by atomic mass is 10.0. The average molecular weight is 312 g/mol. The van der Waals surface area contributed by atoms with Crippen LogP contribution in [0.1, 0.15) is 15.9 Å². The van der Waals surface area contributed by atoms with Crippen LogP contribution in [0.5, 0.6) is 0 Å². The molecule has 9 heteroatoms. The Morgan fingerprint density at radius 3 is 2.50 bits per heavy atom. The molecule has 0 saturated heterocycles. The summed E-state index contributed by atoms with van der Waals surface area (Å²) in [4.78, 5) is 24.5. The standard InChI is InChI=1S/C13H7F3N2O4/c14-13(15,16)9-2-1-5-17-11(9)8-4-3-7(12(19)20)6-10(8)18(21)22/h1-6H,(H,19,20). The van der Waals surface area contributed by atoms with Crippen LogP contribution in [0.4, 0.5) is 18.9 Å². The van der Waals surface area contributed by atoms with E-state index in [1.54, 1.807) is 0 Å². The van der Waals surface area contributed by atoms with Crippen molar-refractivity contribution in [1.82, 2.24) is 4.98 Å². The zero-order valence-corrected chi connectivity index (χ0v) is 10.7. The van der Waals surface area contributed by atoms with Gasteiger partial charge >= 0.3 is 12.1 Å². The first-order valence-corrected chi connectivity index (χ1v) is 5.76. The molecule has 2 rings (SSSR count). The fourth-order valence-electron chi connectivity index (χ4n) is 1.86. The van der Waals surface area contributed by atoms with Crippen molar-refractivity contribution >= 4 is 11.7 Å². The first kappa shape index (κ1) is 15.4. The third-order valence-electron chi connectivity index (χ3n) is 2.81. The molecule has 0 spiro atoms. The molecule has 22 heavy (non-hydrogen) atoms. The maximum absolute atomic E-state index is 13.0. The highest BCUT2D eigenvalue weighted by molar-refractivity contribution is 5.90. The largest absolute Gasteiger partial charge is 0.478 e. The average Bonchev–Trinajstić information content (AvgIpc) is 2.45. The predicted molar refractivity (Wildman–Crippen MR) is 68.3 cm³/mol. The summed E-state index contributed by atoms with van der Waals surface area (Å²) in [6.07, 6.45) is -3.68. The summed E-state index contributed by atoms with van der Waals surface area (Å²) in [5, 5.41) is 19.9. The Morgan fingerprint density at radius 1 is 1.27 bits per heavy atom. The first-order valence-electron chi connectivity index (χ1n) is 5.76. The molecule has 1 heterocycles. The van der Waals surface area contributed by atoms with E-state index in [9.17, 15) is 28.1 Å². The van der Waals surface area contributed by atoms with Crippen LogP contribution in [0.25, 0.3) is 11.3 Å². The summed E-state index contributed by atoms with van der Waals surface area (Å²) in [5.74, 6) is -1.42. The zero-order chi connectivity index (χ0) is 16.5. The second kappa shape index (κ2) is 5.43. The Labute approximate surface area is 121 Å². The van der Waals surface area contributed by atoms with Gasteiger partial charge in [0.05, 0.1) is 27.3 Å². The van der Waals surface area contributed by atoms with Crippen molar-refractivity contribution in [3.05, 3.63) is 57.8 Å². The van der Waals surface area contributed by atoms with Gasteiger partial charge in [0.1, 0.15) is 0 Å². The number of carboxylic acids is 1. The molecule has 0 atom stereocenters. The molecule has 0 amide bonds. The number of aromatic carboxylic acids is 1. The Hall–Kier alpha value is -2.97. The number of hydrogen-bond donors (Lipinski definition) is 1. The lowest BCUT2D eigenvalue weighted by Crippen LogP contribution is -2.09. The molecule has 0 bridgehead atoms. The smallest absolute Gasteiger partial charge is 0.418 e.